The van der Waals surface area contributed by atoms with Crippen molar-refractivity contribution in [3.8, 4) is 0 Å². The van der Waals surface area contributed by atoms with Crippen LogP contribution in [0, 0.1) is 0 Å². The van der Waals surface area contributed by atoms with Crippen LogP contribution in [0.3, 0.4) is 0 Å². The van der Waals surface area contributed by atoms with Crippen LogP contribution in [-0.4, -0.2) is 15.2 Å². The molecule has 102 valence electrons. The first-order valence-electron chi connectivity index (χ1n) is 5.58. The fourth-order valence-electron chi connectivity index (χ4n) is 1.52. The fraction of sp³-hybridized carbons (Fsp3) is 0.364. The highest BCUT2D eigenvalue weighted by Gasteiger charge is 2.35. The molecule has 0 aliphatic carbocycles. The zero-order valence-corrected chi connectivity index (χ0v) is 10.8. The Bertz CT molecular complexity index is 553. The summed E-state index contributed by atoms with van der Waals surface area (Å²) >= 11 is 0.486. The van der Waals surface area contributed by atoms with Crippen LogP contribution in [0.5, 0.6) is 0 Å². The number of nitrogens with one attached hydrogen (secondary N) is 1. The smallest absolute Gasteiger partial charge is 0.354 e. The largest absolute Gasteiger partial charge is 0.445 e. The highest BCUT2D eigenvalue weighted by Crippen LogP contribution is 2.33. The minimum Gasteiger partial charge on any atom is -0.354 e. The highest BCUT2D eigenvalue weighted by molar-refractivity contribution is 7.15. The lowest BCUT2D eigenvalue weighted by Crippen LogP contribution is -2.04. The summed E-state index contributed by atoms with van der Waals surface area (Å²) in [6.45, 7) is 2.32. The van der Waals surface area contributed by atoms with E-state index in [0.717, 1.165) is 17.7 Å². The van der Waals surface area contributed by atoms with Gasteiger partial charge in [-0.05, 0) is 18.1 Å². The minimum absolute atomic E-state index is 0.139. The third kappa shape index (κ3) is 3.40. The van der Waals surface area contributed by atoms with Gasteiger partial charge >= 0.3 is 6.18 Å². The minimum atomic E-state index is -4.45. The summed E-state index contributed by atoms with van der Waals surface area (Å²) in [6.07, 6.45) is -1.98. The van der Waals surface area contributed by atoms with E-state index in [1.165, 1.54) is 0 Å². The maximum absolute atomic E-state index is 12.4. The first kappa shape index (κ1) is 13.7. The maximum atomic E-state index is 12.4. The van der Waals surface area contributed by atoms with E-state index >= 15 is 0 Å². The number of halogens is 3. The summed E-state index contributed by atoms with van der Waals surface area (Å²) in [6, 6.07) is 3.76. The van der Waals surface area contributed by atoms with Gasteiger partial charge in [0.25, 0.3) is 0 Å². The quantitative estimate of drug-likeness (QED) is 0.939. The van der Waals surface area contributed by atoms with Crippen molar-refractivity contribution in [3.63, 3.8) is 0 Å². The third-order valence-electron chi connectivity index (χ3n) is 2.44. The number of aryl methyl sites for hydroxylation is 1. The number of hydrogen-bond donors (Lipinski definition) is 1. The first-order chi connectivity index (χ1) is 9.00. The molecule has 0 fully saturated rings. The van der Waals surface area contributed by atoms with Gasteiger partial charge in [0.05, 0.1) is 12.2 Å². The molecule has 8 heteroatoms. The lowest BCUT2D eigenvalue weighted by molar-refractivity contribution is -0.138. The van der Waals surface area contributed by atoms with Crippen LogP contribution in [0.4, 0.5) is 18.3 Å². The number of hydrogen-bond acceptors (Lipinski definition) is 5. The number of anilines is 1. The second-order valence-electron chi connectivity index (χ2n) is 3.73. The predicted molar refractivity (Wildman–Crippen MR) is 65.9 cm³/mol. The van der Waals surface area contributed by atoms with Crippen molar-refractivity contribution in [2.24, 2.45) is 0 Å². The molecule has 0 aromatic carbocycles. The Balaban J connectivity index is 2.05. The average Bonchev–Trinajstić information content (AvgIpc) is 2.85. The molecule has 2 aromatic rings. The van der Waals surface area contributed by atoms with Gasteiger partial charge in [0.15, 0.2) is 0 Å². The maximum Gasteiger partial charge on any atom is 0.445 e. The van der Waals surface area contributed by atoms with Crippen LogP contribution in [0.2, 0.25) is 0 Å². The Morgan fingerprint density at radius 2 is 2.11 bits per heavy atom. The molecule has 0 spiro atoms. The summed E-state index contributed by atoms with van der Waals surface area (Å²) in [4.78, 5) is 4.19. The second kappa shape index (κ2) is 5.52. The summed E-state index contributed by atoms with van der Waals surface area (Å²) in [7, 11) is 0. The third-order valence-corrected chi connectivity index (χ3v) is 3.37. The van der Waals surface area contributed by atoms with Gasteiger partial charge in [-0.2, -0.15) is 13.2 Å². The molecule has 0 aliphatic heterocycles. The zero-order valence-electron chi connectivity index (χ0n) is 10.0. The fourth-order valence-corrected chi connectivity index (χ4v) is 2.13. The Hall–Kier alpha value is -1.70. The summed E-state index contributed by atoms with van der Waals surface area (Å²) < 4.78 is 37.1. The molecule has 4 nitrogen and oxygen atoms in total. The molecule has 2 rings (SSSR count). The van der Waals surface area contributed by atoms with Crippen LogP contribution in [-0.2, 0) is 19.1 Å². The number of aromatic nitrogens is 3. The number of rotatable bonds is 4. The van der Waals surface area contributed by atoms with Crippen molar-refractivity contribution >= 4 is 16.5 Å². The molecule has 0 radical (unpaired) electrons. The summed E-state index contributed by atoms with van der Waals surface area (Å²) in [5.41, 5.74) is 1.85. The van der Waals surface area contributed by atoms with Crippen LogP contribution in [0.15, 0.2) is 18.3 Å². The van der Waals surface area contributed by atoms with Gasteiger partial charge in [-0.1, -0.05) is 24.3 Å². The van der Waals surface area contributed by atoms with Crippen LogP contribution < -0.4 is 5.32 Å². The topological polar surface area (TPSA) is 50.7 Å². The van der Waals surface area contributed by atoms with E-state index in [4.69, 9.17) is 0 Å². The molecule has 0 amide bonds. The van der Waals surface area contributed by atoms with Crippen molar-refractivity contribution < 1.29 is 13.2 Å². The van der Waals surface area contributed by atoms with E-state index in [1.807, 2.05) is 19.1 Å². The normalized spacial score (nSPS) is 11.6. The average molecular weight is 288 g/mol. The Morgan fingerprint density at radius 3 is 2.74 bits per heavy atom. The lowest BCUT2D eigenvalue weighted by atomic mass is 10.1. The molecule has 19 heavy (non-hydrogen) atoms. The van der Waals surface area contributed by atoms with E-state index in [9.17, 15) is 13.2 Å². The van der Waals surface area contributed by atoms with Crippen molar-refractivity contribution in [1.82, 2.24) is 15.2 Å². The Morgan fingerprint density at radius 1 is 1.32 bits per heavy atom. The van der Waals surface area contributed by atoms with Gasteiger partial charge in [0.2, 0.25) is 10.1 Å². The van der Waals surface area contributed by atoms with Crippen LogP contribution in [0.1, 0.15) is 23.2 Å². The first-order valence-corrected chi connectivity index (χ1v) is 6.39. The van der Waals surface area contributed by atoms with Crippen LogP contribution in [0.25, 0.3) is 0 Å². The molecule has 2 aromatic heterocycles. The second-order valence-corrected chi connectivity index (χ2v) is 4.70. The van der Waals surface area contributed by atoms with Crippen LogP contribution >= 0.6 is 11.3 Å². The van der Waals surface area contributed by atoms with Gasteiger partial charge in [0.1, 0.15) is 0 Å². The molecule has 0 aliphatic rings. The van der Waals surface area contributed by atoms with Crippen molar-refractivity contribution in [3.05, 3.63) is 34.6 Å². The van der Waals surface area contributed by atoms with Crippen molar-refractivity contribution in [1.29, 1.82) is 0 Å². The standard InChI is InChI=1S/C11H11F3N4S/c1-2-7-4-3-5-15-8(7)6-16-10-18-17-9(19-10)11(12,13)14/h3-5H,2,6H2,1H3,(H,16,18). The van der Waals surface area contributed by atoms with E-state index in [2.05, 4.69) is 20.5 Å². The van der Waals surface area contributed by atoms with Gasteiger partial charge in [-0.25, -0.2) is 0 Å². The van der Waals surface area contributed by atoms with Gasteiger partial charge in [0, 0.05) is 6.20 Å². The molecule has 0 saturated heterocycles. The zero-order chi connectivity index (χ0) is 13.9. The van der Waals surface area contributed by atoms with Gasteiger partial charge in [-0.15, -0.1) is 10.2 Å². The molecular formula is C11H11F3N4S. The Kier molecular flexibility index (Phi) is 3.98. The monoisotopic (exact) mass is 288 g/mol. The molecule has 0 atom stereocenters. The molecule has 2 heterocycles. The van der Waals surface area contributed by atoms with E-state index in [1.54, 1.807) is 6.20 Å². The summed E-state index contributed by atoms with van der Waals surface area (Å²) in [5.74, 6) is 0. The molecule has 0 saturated carbocycles. The molecule has 1 N–H and O–H groups in total. The molecular weight excluding hydrogens is 277 g/mol. The number of nitrogens with zero attached hydrogens (tertiary/aromatic N) is 3. The van der Waals surface area contributed by atoms with Crippen molar-refractivity contribution in [2.75, 3.05) is 5.32 Å². The Labute approximate surface area is 111 Å². The van der Waals surface area contributed by atoms with Gasteiger partial charge < -0.3 is 5.32 Å². The number of pyridine rings is 1. The van der Waals surface area contributed by atoms with E-state index < -0.39 is 11.2 Å². The van der Waals surface area contributed by atoms with E-state index in [-0.39, 0.29) is 5.13 Å². The highest BCUT2D eigenvalue weighted by atomic mass is 32.1. The number of alkyl halides is 3. The van der Waals surface area contributed by atoms with E-state index in [0.29, 0.717) is 17.9 Å². The molecule has 0 unspecified atom stereocenters. The lowest BCUT2D eigenvalue weighted by Gasteiger charge is -2.06. The molecule has 0 bridgehead atoms. The predicted octanol–water partition coefficient (Wildman–Crippen LogP) is 3.13. The SMILES string of the molecule is CCc1cccnc1CNc1nnc(C(F)(F)F)s1. The summed E-state index contributed by atoms with van der Waals surface area (Å²) in [5, 5.41) is 8.56. The van der Waals surface area contributed by atoms with Crippen molar-refractivity contribution in [2.45, 2.75) is 26.1 Å². The van der Waals surface area contributed by atoms with Gasteiger partial charge in [-0.3, -0.25) is 4.98 Å².